The Morgan fingerprint density at radius 3 is 2.11 bits per heavy atom. The van der Waals surface area contributed by atoms with Crippen molar-refractivity contribution in [1.29, 1.82) is 0 Å². The quantitative estimate of drug-likeness (QED) is 0.368. The van der Waals surface area contributed by atoms with E-state index < -0.39 is 0 Å². The third kappa shape index (κ3) is 5.95. The Hall–Kier alpha value is -1.18. The predicted molar refractivity (Wildman–Crippen MR) is 74.6 cm³/mol. The van der Waals surface area contributed by atoms with Crippen molar-refractivity contribution in [3.8, 4) is 0 Å². The molecule has 0 aliphatic heterocycles. The first-order chi connectivity index (χ1) is 8.74. The van der Waals surface area contributed by atoms with Crippen molar-refractivity contribution in [3.63, 3.8) is 0 Å². The second-order valence-corrected chi connectivity index (χ2v) is 5.00. The molecule has 2 nitrogen and oxygen atoms in total. The van der Waals surface area contributed by atoms with E-state index in [1.807, 2.05) is 24.5 Å². The van der Waals surface area contributed by atoms with Crippen molar-refractivity contribution in [3.05, 3.63) is 30.1 Å². The summed E-state index contributed by atoms with van der Waals surface area (Å²) in [5.74, 6) is 0.137. The molecule has 1 aromatic rings. The van der Waals surface area contributed by atoms with Gasteiger partial charge < -0.3 is 0 Å². The van der Waals surface area contributed by atoms with Gasteiger partial charge in [-0.05, 0) is 13.3 Å². The van der Waals surface area contributed by atoms with Crippen LogP contribution in [0.3, 0.4) is 0 Å². The Labute approximate surface area is 111 Å². The first kappa shape index (κ1) is 14.9. The maximum Gasteiger partial charge on any atom is 0.169 e. The van der Waals surface area contributed by atoms with E-state index in [0.29, 0.717) is 0 Å². The second-order valence-electron chi connectivity index (χ2n) is 5.00. The van der Waals surface area contributed by atoms with E-state index in [0.717, 1.165) is 12.1 Å². The lowest BCUT2D eigenvalue weighted by Crippen LogP contribution is -2.32. The molecule has 0 amide bonds. The standard InChI is InChI=1S/C16H26NO/c1-3-4-5-6-7-8-9-12-17-13-10-16(11-14-17)15(2)18/h10-11,13-14H,3-9,12H2,1-2H3/q+1. The van der Waals surface area contributed by atoms with Crippen LogP contribution < -0.4 is 4.57 Å². The highest BCUT2D eigenvalue weighted by Gasteiger charge is 2.03. The normalized spacial score (nSPS) is 10.6. The molecule has 0 N–H and O–H groups in total. The number of pyridine rings is 1. The summed E-state index contributed by atoms with van der Waals surface area (Å²) in [4.78, 5) is 11.1. The van der Waals surface area contributed by atoms with E-state index in [9.17, 15) is 4.79 Å². The maximum absolute atomic E-state index is 11.1. The first-order valence-corrected chi connectivity index (χ1v) is 7.24. The minimum absolute atomic E-state index is 0.137. The van der Waals surface area contributed by atoms with Crippen LogP contribution in [0.5, 0.6) is 0 Å². The van der Waals surface area contributed by atoms with Crippen LogP contribution >= 0.6 is 0 Å². The van der Waals surface area contributed by atoms with Crippen molar-refractivity contribution in [2.24, 2.45) is 0 Å². The van der Waals surface area contributed by atoms with E-state index in [1.54, 1.807) is 6.92 Å². The number of nitrogens with zero attached hydrogens (tertiary/aromatic N) is 1. The molecule has 18 heavy (non-hydrogen) atoms. The van der Waals surface area contributed by atoms with E-state index in [2.05, 4.69) is 11.5 Å². The molecule has 0 saturated carbocycles. The number of carbonyl (C=O) groups excluding carboxylic acids is 1. The molecule has 0 bridgehead atoms. The van der Waals surface area contributed by atoms with Crippen LogP contribution in [0.1, 0.15) is 69.2 Å². The van der Waals surface area contributed by atoms with E-state index in [4.69, 9.17) is 0 Å². The molecule has 0 fully saturated rings. The summed E-state index contributed by atoms with van der Waals surface area (Å²) < 4.78 is 2.17. The number of unbranched alkanes of at least 4 members (excludes halogenated alkanes) is 6. The molecule has 1 heterocycles. The number of aryl methyl sites for hydroxylation is 1. The van der Waals surface area contributed by atoms with Crippen molar-refractivity contribution >= 4 is 5.78 Å². The molecule has 0 aromatic carbocycles. The molecule has 1 aromatic heterocycles. The van der Waals surface area contributed by atoms with Gasteiger partial charge in [-0.3, -0.25) is 4.79 Å². The number of rotatable bonds is 9. The van der Waals surface area contributed by atoms with Gasteiger partial charge in [0.1, 0.15) is 6.54 Å². The van der Waals surface area contributed by atoms with Crippen LogP contribution in [0.15, 0.2) is 24.5 Å². The molecule has 0 saturated heterocycles. The summed E-state index contributed by atoms with van der Waals surface area (Å²) in [6.07, 6.45) is 13.4. The Morgan fingerprint density at radius 2 is 1.56 bits per heavy atom. The minimum atomic E-state index is 0.137. The lowest BCUT2D eigenvalue weighted by atomic mass is 10.1. The van der Waals surface area contributed by atoms with Gasteiger partial charge in [0.25, 0.3) is 0 Å². The van der Waals surface area contributed by atoms with E-state index >= 15 is 0 Å². The molecule has 0 atom stereocenters. The summed E-state index contributed by atoms with van der Waals surface area (Å²) in [7, 11) is 0. The molecular formula is C16H26NO+. The van der Waals surface area contributed by atoms with Gasteiger partial charge in [-0.15, -0.1) is 0 Å². The maximum atomic E-state index is 11.1. The lowest BCUT2D eigenvalue weighted by molar-refractivity contribution is -0.697. The molecule has 0 unspecified atom stereocenters. The monoisotopic (exact) mass is 248 g/mol. The number of aromatic nitrogens is 1. The highest BCUT2D eigenvalue weighted by molar-refractivity contribution is 5.93. The first-order valence-electron chi connectivity index (χ1n) is 7.24. The molecule has 0 spiro atoms. The predicted octanol–water partition coefficient (Wildman–Crippen LogP) is 3.93. The SMILES string of the molecule is CCCCCCCCC[n+]1ccc(C(C)=O)cc1. The van der Waals surface area contributed by atoms with Gasteiger partial charge in [0.05, 0.1) is 0 Å². The topological polar surface area (TPSA) is 20.9 Å². The van der Waals surface area contributed by atoms with Crippen molar-refractivity contribution in [1.82, 2.24) is 0 Å². The minimum Gasteiger partial charge on any atom is -0.295 e. The fourth-order valence-electron chi connectivity index (χ4n) is 2.09. The number of hydrogen-bond donors (Lipinski definition) is 0. The highest BCUT2D eigenvalue weighted by atomic mass is 16.1. The summed E-state index contributed by atoms with van der Waals surface area (Å²) >= 11 is 0. The summed E-state index contributed by atoms with van der Waals surface area (Å²) in [5, 5.41) is 0. The van der Waals surface area contributed by atoms with Crippen molar-refractivity contribution in [2.75, 3.05) is 0 Å². The van der Waals surface area contributed by atoms with E-state index in [-0.39, 0.29) is 5.78 Å². The van der Waals surface area contributed by atoms with Crippen molar-refractivity contribution in [2.45, 2.75) is 65.3 Å². The zero-order chi connectivity index (χ0) is 13.2. The van der Waals surface area contributed by atoms with Gasteiger partial charge in [-0.25, -0.2) is 4.57 Å². The molecule has 0 radical (unpaired) electrons. The third-order valence-electron chi connectivity index (χ3n) is 3.32. The van der Waals surface area contributed by atoms with Gasteiger partial charge in [0.2, 0.25) is 0 Å². The Kier molecular flexibility index (Phi) is 7.31. The lowest BCUT2D eigenvalue weighted by Gasteiger charge is -2.00. The average Bonchev–Trinajstić information content (AvgIpc) is 2.38. The van der Waals surface area contributed by atoms with E-state index in [1.165, 1.54) is 44.9 Å². The molecule has 100 valence electrons. The van der Waals surface area contributed by atoms with Gasteiger partial charge in [-0.2, -0.15) is 0 Å². The second kappa shape index (κ2) is 8.84. The van der Waals surface area contributed by atoms with Crippen LogP contribution in [0.25, 0.3) is 0 Å². The molecule has 0 aliphatic carbocycles. The molecule has 2 heteroatoms. The summed E-state index contributed by atoms with van der Waals surface area (Å²) in [6, 6.07) is 3.81. The molecular weight excluding hydrogens is 222 g/mol. The van der Waals surface area contributed by atoms with Crippen LogP contribution in [-0.2, 0) is 6.54 Å². The largest absolute Gasteiger partial charge is 0.295 e. The number of carbonyl (C=O) groups is 1. The van der Waals surface area contributed by atoms with Crippen molar-refractivity contribution < 1.29 is 9.36 Å². The van der Waals surface area contributed by atoms with Gasteiger partial charge in [0.15, 0.2) is 18.2 Å². The number of hydrogen-bond acceptors (Lipinski definition) is 1. The highest BCUT2D eigenvalue weighted by Crippen LogP contribution is 2.06. The van der Waals surface area contributed by atoms with Gasteiger partial charge in [-0.1, -0.05) is 39.0 Å². The summed E-state index contributed by atoms with van der Waals surface area (Å²) in [5.41, 5.74) is 0.797. The average molecular weight is 248 g/mol. The Bertz CT molecular complexity index is 343. The number of ketones is 1. The molecule has 0 aliphatic rings. The van der Waals surface area contributed by atoms with Gasteiger partial charge >= 0.3 is 0 Å². The zero-order valence-electron chi connectivity index (χ0n) is 11.8. The van der Waals surface area contributed by atoms with Crippen LogP contribution in [0.4, 0.5) is 0 Å². The van der Waals surface area contributed by atoms with Crippen LogP contribution in [0.2, 0.25) is 0 Å². The fraction of sp³-hybridized carbons (Fsp3) is 0.625. The number of Topliss-reactive ketones (excluding diaryl/α,β-unsaturated/α-hetero) is 1. The Balaban J connectivity index is 2.14. The smallest absolute Gasteiger partial charge is 0.169 e. The summed E-state index contributed by atoms with van der Waals surface area (Å²) in [6.45, 7) is 4.92. The zero-order valence-corrected chi connectivity index (χ0v) is 11.8. The van der Waals surface area contributed by atoms with Gasteiger partial charge in [0, 0.05) is 24.1 Å². The molecule has 1 rings (SSSR count). The van der Waals surface area contributed by atoms with Crippen LogP contribution in [-0.4, -0.2) is 5.78 Å². The van der Waals surface area contributed by atoms with Crippen LogP contribution in [0, 0.1) is 0 Å². The fourth-order valence-corrected chi connectivity index (χ4v) is 2.09. The third-order valence-corrected chi connectivity index (χ3v) is 3.32. The Morgan fingerprint density at radius 1 is 1.00 bits per heavy atom.